The van der Waals surface area contributed by atoms with E-state index in [4.69, 9.17) is 4.74 Å². The molecule has 0 unspecified atom stereocenters. The summed E-state index contributed by atoms with van der Waals surface area (Å²) in [7, 11) is 1.58. The molecule has 1 atom stereocenters. The highest BCUT2D eigenvalue weighted by Crippen LogP contribution is 2.24. The summed E-state index contributed by atoms with van der Waals surface area (Å²) in [5.74, 6) is 0.874. The Hall–Kier alpha value is -2.74. The highest BCUT2D eigenvalue weighted by atomic mass is 79.9. The van der Waals surface area contributed by atoms with Gasteiger partial charge < -0.3 is 10.1 Å². The van der Waals surface area contributed by atoms with E-state index < -0.39 is 6.04 Å². The number of aromatic nitrogens is 4. The van der Waals surface area contributed by atoms with Gasteiger partial charge in [0.25, 0.3) is 5.91 Å². The summed E-state index contributed by atoms with van der Waals surface area (Å²) in [6.07, 6.45) is 0. The maximum atomic E-state index is 12.4. The van der Waals surface area contributed by atoms with Gasteiger partial charge in [0, 0.05) is 21.8 Å². The van der Waals surface area contributed by atoms with Crippen molar-refractivity contribution in [1.29, 1.82) is 0 Å². The van der Waals surface area contributed by atoms with Crippen LogP contribution in [0.15, 0.2) is 53.0 Å². The Morgan fingerprint density at radius 1 is 1.24 bits per heavy atom. The zero-order valence-electron chi connectivity index (χ0n) is 13.7. The Morgan fingerprint density at radius 2 is 2.04 bits per heavy atom. The molecule has 8 heteroatoms. The van der Waals surface area contributed by atoms with E-state index in [1.807, 2.05) is 30.3 Å². The van der Waals surface area contributed by atoms with Gasteiger partial charge >= 0.3 is 0 Å². The van der Waals surface area contributed by atoms with E-state index in [0.29, 0.717) is 17.3 Å². The predicted molar refractivity (Wildman–Crippen MR) is 97.3 cm³/mol. The normalized spacial score (nSPS) is 11.8. The maximum absolute atomic E-state index is 12.4. The molecule has 1 heterocycles. The molecular weight excluding hydrogens is 386 g/mol. The molecule has 0 saturated carbocycles. The van der Waals surface area contributed by atoms with Crippen LogP contribution in [0.5, 0.6) is 5.75 Å². The monoisotopic (exact) mass is 401 g/mol. The predicted octanol–water partition coefficient (Wildman–Crippen LogP) is 3.31. The average molecular weight is 402 g/mol. The molecule has 0 aliphatic rings. The van der Waals surface area contributed by atoms with Gasteiger partial charge in [0.2, 0.25) is 5.82 Å². The lowest BCUT2D eigenvalue weighted by atomic mass is 10.2. The van der Waals surface area contributed by atoms with E-state index in [2.05, 4.69) is 36.7 Å². The van der Waals surface area contributed by atoms with Gasteiger partial charge in [-0.2, -0.15) is 4.80 Å². The van der Waals surface area contributed by atoms with Crippen LogP contribution in [0.1, 0.15) is 13.0 Å². The highest BCUT2D eigenvalue weighted by molar-refractivity contribution is 9.10. The molecular formula is C17H16BrN5O2. The fourth-order valence-electron chi connectivity index (χ4n) is 2.19. The third-order valence-corrected chi connectivity index (χ3v) is 4.30. The van der Waals surface area contributed by atoms with Crippen molar-refractivity contribution in [1.82, 2.24) is 20.2 Å². The van der Waals surface area contributed by atoms with E-state index in [1.54, 1.807) is 32.2 Å². The number of nitrogens with zero attached hydrogens (tertiary/aromatic N) is 4. The quantitative estimate of drug-likeness (QED) is 0.708. The van der Waals surface area contributed by atoms with E-state index in [1.165, 1.54) is 4.80 Å². The molecule has 0 spiro atoms. The Bertz CT molecular complexity index is 896. The zero-order chi connectivity index (χ0) is 17.8. The molecule has 128 valence electrons. The summed E-state index contributed by atoms with van der Waals surface area (Å²) in [6.45, 7) is 1.71. The van der Waals surface area contributed by atoms with Crippen LogP contribution in [-0.4, -0.2) is 33.2 Å². The number of rotatable bonds is 5. The van der Waals surface area contributed by atoms with Gasteiger partial charge in [-0.15, -0.1) is 10.2 Å². The van der Waals surface area contributed by atoms with Crippen molar-refractivity contribution < 1.29 is 9.53 Å². The first-order valence-electron chi connectivity index (χ1n) is 7.58. The standard InChI is InChI=1S/C17H16BrN5O2/c1-11(17(24)19-12-6-5-7-13(10-12)25-2)23-21-16(20-22-23)14-8-3-4-9-15(14)18/h3-11H,1-2H3,(H,19,24)/t11-/m0/s1. The number of nitrogens with one attached hydrogen (secondary N) is 1. The summed E-state index contributed by atoms with van der Waals surface area (Å²) in [5, 5.41) is 15.2. The molecule has 0 bridgehead atoms. The van der Waals surface area contributed by atoms with Crippen LogP contribution >= 0.6 is 15.9 Å². The van der Waals surface area contributed by atoms with Gasteiger partial charge in [-0.1, -0.05) is 34.1 Å². The van der Waals surface area contributed by atoms with Crippen LogP contribution in [0, 0.1) is 0 Å². The van der Waals surface area contributed by atoms with Crippen molar-refractivity contribution in [3.63, 3.8) is 0 Å². The third-order valence-electron chi connectivity index (χ3n) is 3.61. The molecule has 1 amide bonds. The van der Waals surface area contributed by atoms with Crippen molar-refractivity contribution >= 4 is 27.5 Å². The lowest BCUT2D eigenvalue weighted by molar-refractivity contribution is -0.119. The zero-order valence-corrected chi connectivity index (χ0v) is 15.3. The van der Waals surface area contributed by atoms with Crippen LogP contribution in [0.4, 0.5) is 5.69 Å². The molecule has 25 heavy (non-hydrogen) atoms. The van der Waals surface area contributed by atoms with Crippen molar-refractivity contribution in [2.45, 2.75) is 13.0 Å². The number of anilines is 1. The van der Waals surface area contributed by atoms with Gasteiger partial charge in [-0.3, -0.25) is 4.79 Å². The molecule has 7 nitrogen and oxygen atoms in total. The average Bonchev–Trinajstić information content (AvgIpc) is 3.11. The number of hydrogen-bond donors (Lipinski definition) is 1. The van der Waals surface area contributed by atoms with Crippen LogP contribution in [0.25, 0.3) is 11.4 Å². The number of methoxy groups -OCH3 is 1. The summed E-state index contributed by atoms with van der Waals surface area (Å²) < 4.78 is 6.01. The van der Waals surface area contributed by atoms with E-state index in [0.717, 1.165) is 10.0 Å². The van der Waals surface area contributed by atoms with Crippen molar-refractivity contribution in [3.05, 3.63) is 53.0 Å². The molecule has 0 aliphatic heterocycles. The number of ether oxygens (including phenoxy) is 1. The van der Waals surface area contributed by atoms with Crippen molar-refractivity contribution in [2.75, 3.05) is 12.4 Å². The Labute approximate surface area is 153 Å². The minimum atomic E-state index is -0.616. The molecule has 2 aromatic carbocycles. The lowest BCUT2D eigenvalue weighted by Crippen LogP contribution is -2.25. The van der Waals surface area contributed by atoms with Gasteiger partial charge in [0.05, 0.1) is 7.11 Å². The van der Waals surface area contributed by atoms with Crippen LogP contribution in [0.3, 0.4) is 0 Å². The summed E-state index contributed by atoms with van der Waals surface area (Å²) in [5.41, 5.74) is 1.46. The van der Waals surface area contributed by atoms with Gasteiger partial charge in [0.1, 0.15) is 11.8 Å². The largest absolute Gasteiger partial charge is 0.497 e. The second kappa shape index (κ2) is 7.43. The molecule has 3 aromatic rings. The molecule has 3 rings (SSSR count). The molecule has 0 aliphatic carbocycles. The molecule has 0 saturated heterocycles. The van der Waals surface area contributed by atoms with E-state index >= 15 is 0 Å². The first-order valence-corrected chi connectivity index (χ1v) is 8.37. The summed E-state index contributed by atoms with van der Waals surface area (Å²) in [4.78, 5) is 13.7. The molecule has 1 N–H and O–H groups in total. The Morgan fingerprint density at radius 3 is 2.80 bits per heavy atom. The smallest absolute Gasteiger partial charge is 0.250 e. The summed E-state index contributed by atoms with van der Waals surface area (Å²) >= 11 is 3.46. The maximum Gasteiger partial charge on any atom is 0.250 e. The van der Waals surface area contributed by atoms with Crippen molar-refractivity contribution in [3.8, 4) is 17.1 Å². The van der Waals surface area contributed by atoms with E-state index in [9.17, 15) is 4.79 Å². The van der Waals surface area contributed by atoms with Gasteiger partial charge in [0.15, 0.2) is 0 Å². The Balaban J connectivity index is 1.75. The first kappa shape index (κ1) is 17.1. The fraction of sp³-hybridized carbons (Fsp3) is 0.176. The van der Waals surface area contributed by atoms with Crippen LogP contribution < -0.4 is 10.1 Å². The lowest BCUT2D eigenvalue weighted by Gasteiger charge is -2.11. The van der Waals surface area contributed by atoms with Crippen LogP contribution in [0.2, 0.25) is 0 Å². The minimum absolute atomic E-state index is 0.246. The fourth-order valence-corrected chi connectivity index (χ4v) is 2.65. The first-order chi connectivity index (χ1) is 12.1. The number of halogens is 1. The molecule has 0 fully saturated rings. The number of hydrogen-bond acceptors (Lipinski definition) is 5. The molecule has 0 radical (unpaired) electrons. The SMILES string of the molecule is COc1cccc(NC(=O)[C@H](C)n2nnc(-c3ccccc3Br)n2)c1. The second-order valence-electron chi connectivity index (χ2n) is 5.31. The van der Waals surface area contributed by atoms with Gasteiger partial charge in [-0.05, 0) is 36.4 Å². The molecule has 1 aromatic heterocycles. The second-order valence-corrected chi connectivity index (χ2v) is 6.16. The summed E-state index contributed by atoms with van der Waals surface area (Å²) in [6, 6.07) is 14.1. The third kappa shape index (κ3) is 3.85. The number of tetrazole rings is 1. The van der Waals surface area contributed by atoms with Crippen molar-refractivity contribution in [2.24, 2.45) is 0 Å². The number of amides is 1. The highest BCUT2D eigenvalue weighted by Gasteiger charge is 2.19. The minimum Gasteiger partial charge on any atom is -0.497 e. The van der Waals surface area contributed by atoms with Gasteiger partial charge in [-0.25, -0.2) is 0 Å². The number of benzene rings is 2. The van der Waals surface area contributed by atoms with Crippen LogP contribution in [-0.2, 0) is 4.79 Å². The Kier molecular flexibility index (Phi) is 5.08. The topological polar surface area (TPSA) is 81.9 Å². The number of carbonyl (C=O) groups excluding carboxylic acids is 1. The number of carbonyl (C=O) groups is 1. The van der Waals surface area contributed by atoms with E-state index in [-0.39, 0.29) is 5.91 Å².